The van der Waals surface area contributed by atoms with Crippen LogP contribution in [0.5, 0.6) is 0 Å². The molecule has 0 radical (unpaired) electrons. The molecule has 1 N–H and O–H groups in total. The van der Waals surface area contributed by atoms with Crippen LogP contribution in [0.3, 0.4) is 0 Å². The second-order valence-corrected chi connectivity index (χ2v) is 5.73. The molecule has 1 saturated carbocycles. The first-order chi connectivity index (χ1) is 8.01. The van der Waals surface area contributed by atoms with E-state index in [0.717, 1.165) is 38.8 Å². The fourth-order valence-electron chi connectivity index (χ4n) is 2.18. The van der Waals surface area contributed by atoms with Gasteiger partial charge in [-0.15, -0.1) is 0 Å². The van der Waals surface area contributed by atoms with E-state index in [4.69, 9.17) is 0 Å². The molecule has 0 aromatic carbocycles. The Morgan fingerprint density at radius 1 is 1.12 bits per heavy atom. The number of likely N-dealkylation sites (tertiary alicyclic amines) is 1. The molecule has 2 aliphatic rings. The molecule has 17 heavy (non-hydrogen) atoms. The number of hydrogen-bond donors (Lipinski definition) is 1. The second-order valence-electron chi connectivity index (χ2n) is 5.73. The van der Waals surface area contributed by atoms with Crippen molar-refractivity contribution in [2.24, 2.45) is 5.41 Å². The van der Waals surface area contributed by atoms with Crippen LogP contribution in [0.4, 0.5) is 0 Å². The van der Waals surface area contributed by atoms with E-state index >= 15 is 0 Å². The van der Waals surface area contributed by atoms with Crippen molar-refractivity contribution in [3.05, 3.63) is 0 Å². The summed E-state index contributed by atoms with van der Waals surface area (Å²) in [5.74, 6) is -0.133. The SMILES string of the molecule is CC(C)(C(=O)NC1CC1)C(=O)N1CCCCC1. The number of piperidine rings is 1. The quantitative estimate of drug-likeness (QED) is 0.754. The topological polar surface area (TPSA) is 49.4 Å². The number of carbonyl (C=O) groups is 2. The zero-order chi connectivity index (χ0) is 12.5. The van der Waals surface area contributed by atoms with Crippen LogP contribution in [-0.4, -0.2) is 35.8 Å². The van der Waals surface area contributed by atoms with Gasteiger partial charge in [0.1, 0.15) is 5.41 Å². The molecule has 2 rings (SSSR count). The molecule has 0 spiro atoms. The zero-order valence-corrected chi connectivity index (χ0v) is 10.8. The van der Waals surface area contributed by atoms with E-state index < -0.39 is 5.41 Å². The molecule has 0 atom stereocenters. The van der Waals surface area contributed by atoms with Crippen molar-refractivity contribution in [2.75, 3.05) is 13.1 Å². The predicted molar refractivity (Wildman–Crippen MR) is 65.4 cm³/mol. The molecule has 0 unspecified atom stereocenters. The highest BCUT2D eigenvalue weighted by molar-refractivity contribution is 6.04. The second kappa shape index (κ2) is 4.67. The van der Waals surface area contributed by atoms with Gasteiger partial charge in [0.25, 0.3) is 0 Å². The Kier molecular flexibility index (Phi) is 3.40. The van der Waals surface area contributed by atoms with E-state index in [1.54, 1.807) is 13.8 Å². The molecule has 2 fully saturated rings. The van der Waals surface area contributed by atoms with Crippen LogP contribution < -0.4 is 5.32 Å². The molecule has 0 aromatic heterocycles. The van der Waals surface area contributed by atoms with Gasteiger partial charge in [-0.25, -0.2) is 0 Å². The van der Waals surface area contributed by atoms with Gasteiger partial charge in [0.2, 0.25) is 11.8 Å². The fourth-order valence-corrected chi connectivity index (χ4v) is 2.18. The molecule has 1 heterocycles. The van der Waals surface area contributed by atoms with Gasteiger partial charge in [0.15, 0.2) is 0 Å². The Morgan fingerprint density at radius 2 is 1.71 bits per heavy atom. The third-order valence-corrected chi connectivity index (χ3v) is 3.66. The zero-order valence-electron chi connectivity index (χ0n) is 10.8. The number of amides is 2. The van der Waals surface area contributed by atoms with Crippen LogP contribution >= 0.6 is 0 Å². The monoisotopic (exact) mass is 238 g/mol. The highest BCUT2D eigenvalue weighted by Gasteiger charge is 2.41. The summed E-state index contributed by atoms with van der Waals surface area (Å²) in [5.41, 5.74) is -0.917. The van der Waals surface area contributed by atoms with Crippen LogP contribution in [0.2, 0.25) is 0 Å². The van der Waals surface area contributed by atoms with Crippen LogP contribution in [0.25, 0.3) is 0 Å². The molecule has 1 saturated heterocycles. The lowest BCUT2D eigenvalue weighted by atomic mass is 9.89. The lowest BCUT2D eigenvalue weighted by Gasteiger charge is -2.33. The van der Waals surface area contributed by atoms with Gasteiger partial charge in [-0.1, -0.05) is 0 Å². The summed E-state index contributed by atoms with van der Waals surface area (Å²) in [6, 6.07) is 0.316. The largest absolute Gasteiger partial charge is 0.352 e. The summed E-state index contributed by atoms with van der Waals surface area (Å²) in [6.45, 7) is 5.08. The van der Waals surface area contributed by atoms with Gasteiger partial charge in [-0.3, -0.25) is 9.59 Å². The van der Waals surface area contributed by atoms with Crippen molar-refractivity contribution in [3.63, 3.8) is 0 Å². The van der Waals surface area contributed by atoms with Gasteiger partial charge in [-0.2, -0.15) is 0 Å². The van der Waals surface area contributed by atoms with E-state index in [9.17, 15) is 9.59 Å². The molecular formula is C13H22N2O2. The van der Waals surface area contributed by atoms with Gasteiger partial charge in [0.05, 0.1) is 0 Å². The average Bonchev–Trinajstić information content (AvgIpc) is 3.13. The van der Waals surface area contributed by atoms with Crippen molar-refractivity contribution in [3.8, 4) is 0 Å². The fraction of sp³-hybridized carbons (Fsp3) is 0.846. The first kappa shape index (κ1) is 12.4. The maximum Gasteiger partial charge on any atom is 0.237 e. The third kappa shape index (κ3) is 2.79. The summed E-state index contributed by atoms with van der Waals surface area (Å²) >= 11 is 0. The van der Waals surface area contributed by atoms with Gasteiger partial charge in [0, 0.05) is 19.1 Å². The van der Waals surface area contributed by atoms with Crippen molar-refractivity contribution in [1.82, 2.24) is 10.2 Å². The van der Waals surface area contributed by atoms with Crippen LogP contribution in [0, 0.1) is 5.41 Å². The molecule has 4 heteroatoms. The Bertz CT molecular complexity index is 315. The Labute approximate surface area is 103 Å². The lowest BCUT2D eigenvalue weighted by Crippen LogP contribution is -2.51. The van der Waals surface area contributed by atoms with Gasteiger partial charge >= 0.3 is 0 Å². The molecule has 96 valence electrons. The maximum atomic E-state index is 12.3. The molecule has 2 amide bonds. The molecule has 4 nitrogen and oxygen atoms in total. The standard InChI is InChI=1S/C13H22N2O2/c1-13(2,11(16)14-10-6-7-10)12(17)15-8-4-3-5-9-15/h10H,3-9H2,1-2H3,(H,14,16). The van der Waals surface area contributed by atoms with Crippen LogP contribution in [0.15, 0.2) is 0 Å². The van der Waals surface area contributed by atoms with Crippen molar-refractivity contribution in [2.45, 2.75) is 52.0 Å². The number of hydrogen-bond acceptors (Lipinski definition) is 2. The normalized spacial score (nSPS) is 21.2. The van der Waals surface area contributed by atoms with Crippen LogP contribution in [0.1, 0.15) is 46.0 Å². The number of carbonyl (C=O) groups excluding carboxylic acids is 2. The molecule has 1 aliphatic heterocycles. The number of nitrogens with one attached hydrogen (secondary N) is 1. The van der Waals surface area contributed by atoms with Gasteiger partial charge < -0.3 is 10.2 Å². The number of nitrogens with zero attached hydrogens (tertiary/aromatic N) is 1. The smallest absolute Gasteiger partial charge is 0.237 e. The first-order valence-corrected chi connectivity index (χ1v) is 6.62. The molecule has 1 aliphatic carbocycles. The van der Waals surface area contributed by atoms with E-state index in [1.165, 1.54) is 6.42 Å². The summed E-state index contributed by atoms with van der Waals surface area (Å²) in [4.78, 5) is 26.2. The predicted octanol–water partition coefficient (Wildman–Crippen LogP) is 1.30. The Hall–Kier alpha value is -1.06. The first-order valence-electron chi connectivity index (χ1n) is 6.62. The highest BCUT2D eigenvalue weighted by atomic mass is 16.2. The van der Waals surface area contributed by atoms with Crippen molar-refractivity contribution < 1.29 is 9.59 Å². The Balaban J connectivity index is 1.96. The minimum Gasteiger partial charge on any atom is -0.352 e. The van der Waals surface area contributed by atoms with Crippen molar-refractivity contribution in [1.29, 1.82) is 0 Å². The molecule has 0 aromatic rings. The lowest BCUT2D eigenvalue weighted by molar-refractivity contribution is -0.149. The summed E-state index contributed by atoms with van der Waals surface area (Å²) in [6.07, 6.45) is 5.43. The van der Waals surface area contributed by atoms with E-state index in [-0.39, 0.29) is 11.8 Å². The van der Waals surface area contributed by atoms with Gasteiger partial charge in [-0.05, 0) is 46.0 Å². The molecule has 0 bridgehead atoms. The average molecular weight is 238 g/mol. The summed E-state index contributed by atoms with van der Waals surface area (Å²) in [7, 11) is 0. The maximum absolute atomic E-state index is 12.3. The highest BCUT2D eigenvalue weighted by Crippen LogP contribution is 2.25. The number of rotatable bonds is 3. The molecular weight excluding hydrogens is 216 g/mol. The Morgan fingerprint density at radius 3 is 2.24 bits per heavy atom. The van der Waals surface area contributed by atoms with E-state index in [1.807, 2.05) is 4.90 Å². The van der Waals surface area contributed by atoms with Crippen LogP contribution in [-0.2, 0) is 9.59 Å². The van der Waals surface area contributed by atoms with E-state index in [2.05, 4.69) is 5.32 Å². The minimum atomic E-state index is -0.917. The minimum absolute atomic E-state index is 0.0182. The summed E-state index contributed by atoms with van der Waals surface area (Å²) < 4.78 is 0. The summed E-state index contributed by atoms with van der Waals surface area (Å²) in [5, 5.41) is 2.93. The third-order valence-electron chi connectivity index (χ3n) is 3.66. The van der Waals surface area contributed by atoms with Crippen molar-refractivity contribution >= 4 is 11.8 Å². The van der Waals surface area contributed by atoms with E-state index in [0.29, 0.717) is 6.04 Å².